The van der Waals surface area contributed by atoms with Gasteiger partial charge in [0, 0.05) is 17.4 Å². The summed E-state index contributed by atoms with van der Waals surface area (Å²) >= 11 is 0. The number of benzene rings is 2. The van der Waals surface area contributed by atoms with Crippen molar-refractivity contribution >= 4 is 22.8 Å². The molecule has 162 valence electrons. The van der Waals surface area contributed by atoms with Gasteiger partial charge in [0.05, 0.1) is 6.04 Å². The highest BCUT2D eigenvalue weighted by atomic mass is 16.6. The number of hydrogen-bond donors (Lipinski definition) is 1. The summed E-state index contributed by atoms with van der Waals surface area (Å²) < 4.78 is 22.3. The number of ether oxygens (including phenoxy) is 3. The van der Waals surface area contributed by atoms with Crippen molar-refractivity contribution in [1.82, 2.24) is 5.32 Å². The Balaban J connectivity index is 1.25. The fourth-order valence-corrected chi connectivity index (χ4v) is 3.60. The van der Waals surface area contributed by atoms with E-state index >= 15 is 0 Å². The first-order valence-corrected chi connectivity index (χ1v) is 10.2. The van der Waals surface area contributed by atoms with Crippen LogP contribution < -0.4 is 14.8 Å². The number of nitrogens with one attached hydrogen (secondary N) is 1. The Morgan fingerprint density at radius 1 is 1.13 bits per heavy atom. The maximum Gasteiger partial charge on any atom is 0.344 e. The van der Waals surface area contributed by atoms with Crippen LogP contribution in [-0.2, 0) is 20.7 Å². The van der Waals surface area contributed by atoms with Gasteiger partial charge in [-0.2, -0.15) is 0 Å². The molecular weight excluding hydrogens is 398 g/mol. The van der Waals surface area contributed by atoms with Crippen LogP contribution in [0.1, 0.15) is 38.1 Å². The number of carbonyl (C=O) groups is 2. The lowest BCUT2D eigenvalue weighted by Crippen LogP contribution is -2.31. The summed E-state index contributed by atoms with van der Waals surface area (Å²) in [6, 6.07) is 14.7. The minimum atomic E-state index is -0.638. The van der Waals surface area contributed by atoms with Crippen LogP contribution in [0.5, 0.6) is 11.5 Å². The zero-order chi connectivity index (χ0) is 22.0. The summed E-state index contributed by atoms with van der Waals surface area (Å²) in [6.07, 6.45) is 0.771. The molecule has 7 heteroatoms. The summed E-state index contributed by atoms with van der Waals surface area (Å²) in [5.74, 6) is 0.708. The molecule has 1 aromatic heterocycles. The van der Waals surface area contributed by atoms with Crippen LogP contribution in [0.4, 0.5) is 0 Å². The van der Waals surface area contributed by atoms with Gasteiger partial charge in [-0.25, -0.2) is 4.79 Å². The van der Waals surface area contributed by atoms with E-state index in [-0.39, 0.29) is 18.2 Å². The number of fused-ring (bicyclic) bond motifs is 2. The van der Waals surface area contributed by atoms with Gasteiger partial charge in [0.2, 0.25) is 0 Å². The number of furan rings is 1. The number of para-hydroxylation sites is 2. The lowest BCUT2D eigenvalue weighted by molar-refractivity contribution is -0.150. The molecule has 0 unspecified atom stereocenters. The second-order valence-electron chi connectivity index (χ2n) is 8.21. The highest BCUT2D eigenvalue weighted by Gasteiger charge is 2.32. The van der Waals surface area contributed by atoms with E-state index in [9.17, 15) is 9.59 Å². The largest absolute Gasteiger partial charge is 0.483 e. The number of amides is 1. The van der Waals surface area contributed by atoms with Crippen molar-refractivity contribution in [2.24, 2.45) is 0 Å². The molecular formula is C24H25NO6. The van der Waals surface area contributed by atoms with E-state index in [1.165, 1.54) is 0 Å². The van der Waals surface area contributed by atoms with Crippen molar-refractivity contribution in [3.8, 4) is 11.5 Å². The van der Waals surface area contributed by atoms with Crippen molar-refractivity contribution in [2.75, 3.05) is 13.2 Å². The van der Waals surface area contributed by atoms with Gasteiger partial charge in [0.1, 0.15) is 16.9 Å². The summed E-state index contributed by atoms with van der Waals surface area (Å²) in [5, 5.41) is 3.72. The molecule has 3 aromatic rings. The smallest absolute Gasteiger partial charge is 0.344 e. The Labute approximate surface area is 180 Å². The molecule has 31 heavy (non-hydrogen) atoms. The first-order chi connectivity index (χ1) is 14.8. The Morgan fingerprint density at radius 3 is 2.74 bits per heavy atom. The molecule has 0 aliphatic carbocycles. The second-order valence-corrected chi connectivity index (χ2v) is 8.21. The predicted molar refractivity (Wildman–Crippen MR) is 114 cm³/mol. The first-order valence-electron chi connectivity index (χ1n) is 10.2. The van der Waals surface area contributed by atoms with Crippen molar-refractivity contribution in [3.05, 3.63) is 59.9 Å². The third-order valence-corrected chi connectivity index (χ3v) is 5.01. The van der Waals surface area contributed by atoms with Gasteiger partial charge in [0.25, 0.3) is 5.91 Å². The van der Waals surface area contributed by atoms with E-state index in [2.05, 4.69) is 5.32 Å². The molecule has 2 heterocycles. The van der Waals surface area contributed by atoms with Gasteiger partial charge in [-0.05, 0) is 39.0 Å². The molecule has 0 fully saturated rings. The lowest BCUT2D eigenvalue weighted by Gasteiger charge is -2.18. The molecule has 7 nitrogen and oxygen atoms in total. The molecule has 4 rings (SSSR count). The number of carbonyl (C=O) groups excluding carboxylic acids is 2. The fourth-order valence-electron chi connectivity index (χ4n) is 3.60. The van der Waals surface area contributed by atoms with E-state index in [0.717, 1.165) is 23.0 Å². The quantitative estimate of drug-likeness (QED) is 0.579. The maximum absolute atomic E-state index is 12.2. The zero-order valence-electron chi connectivity index (χ0n) is 17.8. The van der Waals surface area contributed by atoms with Crippen LogP contribution in [0, 0.1) is 0 Å². The van der Waals surface area contributed by atoms with E-state index in [1.807, 2.05) is 56.3 Å². The van der Waals surface area contributed by atoms with Gasteiger partial charge < -0.3 is 23.9 Å². The highest BCUT2D eigenvalue weighted by molar-refractivity contribution is 5.82. The predicted octanol–water partition coefficient (Wildman–Crippen LogP) is 3.95. The van der Waals surface area contributed by atoms with Crippen molar-refractivity contribution in [2.45, 2.75) is 38.8 Å². The number of hydrogen-bond acceptors (Lipinski definition) is 6. The molecule has 0 radical (unpaired) electrons. The van der Waals surface area contributed by atoms with Gasteiger partial charge in [-0.1, -0.05) is 30.3 Å². The Kier molecular flexibility index (Phi) is 5.59. The van der Waals surface area contributed by atoms with Crippen LogP contribution in [-0.4, -0.2) is 30.7 Å². The van der Waals surface area contributed by atoms with Crippen LogP contribution >= 0.6 is 0 Å². The topological polar surface area (TPSA) is 87.0 Å². The monoisotopic (exact) mass is 423 g/mol. The van der Waals surface area contributed by atoms with Gasteiger partial charge >= 0.3 is 5.97 Å². The summed E-state index contributed by atoms with van der Waals surface area (Å²) in [7, 11) is 0. The van der Waals surface area contributed by atoms with E-state index in [0.29, 0.717) is 17.3 Å². The van der Waals surface area contributed by atoms with E-state index in [4.69, 9.17) is 18.6 Å². The molecule has 0 saturated heterocycles. The third kappa shape index (κ3) is 4.82. The number of esters is 1. The SMILES string of the molecule is C[C@@H](NC(=O)COC(=O)COc1cccc2c1OC(C)(C)C2)c1cc2ccccc2o1. The number of rotatable bonds is 7. The van der Waals surface area contributed by atoms with Crippen LogP contribution in [0.2, 0.25) is 0 Å². The molecule has 1 atom stereocenters. The standard InChI is InChI=1S/C24H25NO6/c1-15(20-11-16-7-4-5-9-18(16)30-20)25-21(26)13-29-22(27)14-28-19-10-6-8-17-12-24(2,3)31-23(17)19/h4-11,15H,12-14H2,1-3H3,(H,25,26)/t15-/m1/s1. The van der Waals surface area contributed by atoms with Gasteiger partial charge in [-0.15, -0.1) is 0 Å². The molecule has 1 aliphatic rings. The average molecular weight is 423 g/mol. The van der Waals surface area contributed by atoms with Crippen molar-refractivity contribution in [1.29, 1.82) is 0 Å². The molecule has 2 aromatic carbocycles. The third-order valence-electron chi connectivity index (χ3n) is 5.01. The van der Waals surface area contributed by atoms with Gasteiger partial charge in [0.15, 0.2) is 24.7 Å². The van der Waals surface area contributed by atoms with Crippen LogP contribution in [0.15, 0.2) is 52.9 Å². The second kappa shape index (κ2) is 8.34. The summed E-state index contributed by atoms with van der Waals surface area (Å²) in [4.78, 5) is 24.2. The molecule has 1 N–H and O–H groups in total. The molecule has 0 bridgehead atoms. The first kappa shape index (κ1) is 20.8. The zero-order valence-corrected chi connectivity index (χ0v) is 17.8. The maximum atomic E-state index is 12.2. The Hall–Kier alpha value is -3.48. The summed E-state index contributed by atoms with van der Waals surface area (Å²) in [6.45, 7) is 5.08. The lowest BCUT2D eigenvalue weighted by atomic mass is 10.0. The molecule has 0 spiro atoms. The van der Waals surface area contributed by atoms with Crippen LogP contribution in [0.3, 0.4) is 0 Å². The highest BCUT2D eigenvalue weighted by Crippen LogP contribution is 2.41. The van der Waals surface area contributed by atoms with E-state index < -0.39 is 18.5 Å². The molecule has 1 amide bonds. The minimum absolute atomic E-state index is 0.309. The summed E-state index contributed by atoms with van der Waals surface area (Å²) in [5.41, 5.74) is 1.48. The van der Waals surface area contributed by atoms with Crippen molar-refractivity contribution in [3.63, 3.8) is 0 Å². The molecule has 0 saturated carbocycles. The van der Waals surface area contributed by atoms with E-state index in [1.54, 1.807) is 13.0 Å². The van der Waals surface area contributed by atoms with Gasteiger partial charge in [-0.3, -0.25) is 4.79 Å². The van der Waals surface area contributed by atoms with Crippen molar-refractivity contribution < 1.29 is 28.2 Å². The Morgan fingerprint density at radius 2 is 1.94 bits per heavy atom. The normalized spacial score (nSPS) is 15.1. The Bertz CT molecular complexity index is 1080. The molecule has 1 aliphatic heterocycles. The average Bonchev–Trinajstić information content (AvgIpc) is 3.30. The van der Waals surface area contributed by atoms with Crippen LogP contribution in [0.25, 0.3) is 11.0 Å². The fraction of sp³-hybridized carbons (Fsp3) is 0.333. The minimum Gasteiger partial charge on any atom is -0.483 e.